The first-order valence-corrected chi connectivity index (χ1v) is 7.91. The van der Waals surface area contributed by atoms with Crippen LogP contribution in [0.2, 0.25) is 0 Å². The van der Waals surface area contributed by atoms with Gasteiger partial charge in [0.1, 0.15) is 10.6 Å². The number of hydrogen-bond donors (Lipinski definition) is 1. The molecule has 1 aliphatic heterocycles. The maximum Gasteiger partial charge on any atom is 0.345 e. The minimum Gasteiger partial charge on any atom is -0.477 e. The van der Waals surface area contributed by atoms with Crippen LogP contribution in [0.5, 0.6) is 0 Å². The maximum atomic E-state index is 12.4. The predicted molar refractivity (Wildman–Crippen MR) is 82.1 cm³/mol. The lowest BCUT2D eigenvalue weighted by molar-refractivity contribution is 0.0698. The molecule has 2 aromatic rings. The number of hydrogen-bond acceptors (Lipinski definition) is 5. The Hall–Kier alpha value is -2.28. The highest BCUT2D eigenvalue weighted by Crippen LogP contribution is 2.26. The van der Waals surface area contributed by atoms with Crippen LogP contribution in [0, 0.1) is 0 Å². The molecule has 7 heteroatoms. The quantitative estimate of drug-likeness (QED) is 0.940. The van der Waals surface area contributed by atoms with Crippen molar-refractivity contribution in [3.63, 3.8) is 0 Å². The summed E-state index contributed by atoms with van der Waals surface area (Å²) < 4.78 is 0. The highest BCUT2D eigenvalue weighted by atomic mass is 32.1. The van der Waals surface area contributed by atoms with Crippen LogP contribution in [0.1, 0.15) is 39.4 Å². The SMILES string of the molecule is O=C(O)c1ccc(-c2cncc(C(=O)N3CCCCC3)n2)s1. The van der Waals surface area contributed by atoms with Crippen LogP contribution in [0.3, 0.4) is 0 Å². The lowest BCUT2D eigenvalue weighted by Crippen LogP contribution is -2.36. The van der Waals surface area contributed by atoms with Gasteiger partial charge in [0.05, 0.1) is 23.0 Å². The molecule has 0 atom stereocenters. The van der Waals surface area contributed by atoms with Gasteiger partial charge in [-0.3, -0.25) is 9.78 Å². The second-order valence-corrected chi connectivity index (χ2v) is 6.20. The summed E-state index contributed by atoms with van der Waals surface area (Å²) in [5.74, 6) is -1.08. The van der Waals surface area contributed by atoms with Crippen molar-refractivity contribution in [2.24, 2.45) is 0 Å². The number of carbonyl (C=O) groups excluding carboxylic acids is 1. The first-order chi connectivity index (χ1) is 10.6. The van der Waals surface area contributed by atoms with Gasteiger partial charge < -0.3 is 10.0 Å². The van der Waals surface area contributed by atoms with E-state index in [0.717, 1.165) is 43.7 Å². The van der Waals surface area contributed by atoms with E-state index in [1.165, 1.54) is 12.3 Å². The Balaban J connectivity index is 1.85. The molecule has 1 fully saturated rings. The van der Waals surface area contributed by atoms with Gasteiger partial charge in [-0.2, -0.15) is 0 Å². The molecular weight excluding hydrogens is 302 g/mol. The van der Waals surface area contributed by atoms with Crippen molar-refractivity contribution in [2.45, 2.75) is 19.3 Å². The van der Waals surface area contributed by atoms with E-state index in [2.05, 4.69) is 9.97 Å². The van der Waals surface area contributed by atoms with Crippen molar-refractivity contribution in [2.75, 3.05) is 13.1 Å². The van der Waals surface area contributed by atoms with E-state index < -0.39 is 5.97 Å². The molecule has 0 aliphatic carbocycles. The van der Waals surface area contributed by atoms with Crippen molar-refractivity contribution < 1.29 is 14.7 Å². The van der Waals surface area contributed by atoms with Crippen LogP contribution in [-0.4, -0.2) is 44.9 Å². The second kappa shape index (κ2) is 6.23. The van der Waals surface area contributed by atoms with Crippen LogP contribution in [-0.2, 0) is 0 Å². The molecule has 6 nitrogen and oxygen atoms in total. The number of aromatic nitrogens is 2. The molecule has 0 aromatic carbocycles. The molecular formula is C15H15N3O3S. The fourth-order valence-corrected chi connectivity index (χ4v) is 3.24. The van der Waals surface area contributed by atoms with Crippen LogP contribution < -0.4 is 0 Å². The third-order valence-corrected chi connectivity index (χ3v) is 4.66. The summed E-state index contributed by atoms with van der Waals surface area (Å²) in [5.41, 5.74) is 0.838. The monoisotopic (exact) mass is 317 g/mol. The number of nitrogens with zero attached hydrogens (tertiary/aromatic N) is 3. The Labute approximate surface area is 131 Å². The van der Waals surface area contributed by atoms with E-state index in [1.807, 2.05) is 0 Å². The average molecular weight is 317 g/mol. The lowest BCUT2D eigenvalue weighted by atomic mass is 10.1. The number of aromatic carboxylic acids is 1. The molecule has 22 heavy (non-hydrogen) atoms. The standard InChI is InChI=1S/C15H15N3O3S/c19-14(18-6-2-1-3-7-18)11-9-16-8-10(17-11)12-4-5-13(22-12)15(20)21/h4-5,8-9H,1-3,6-7H2,(H,20,21). The first kappa shape index (κ1) is 14.6. The molecule has 0 saturated carbocycles. The van der Waals surface area contributed by atoms with Gasteiger partial charge in [0.2, 0.25) is 0 Å². The Kier molecular flexibility index (Phi) is 4.15. The Morgan fingerprint density at radius 3 is 2.59 bits per heavy atom. The maximum absolute atomic E-state index is 12.4. The number of carbonyl (C=O) groups is 2. The minimum atomic E-state index is -0.968. The summed E-state index contributed by atoms with van der Waals surface area (Å²) in [7, 11) is 0. The van der Waals surface area contributed by atoms with E-state index in [9.17, 15) is 9.59 Å². The molecule has 1 aliphatic rings. The van der Waals surface area contributed by atoms with Crippen LogP contribution in [0.4, 0.5) is 0 Å². The summed E-state index contributed by atoms with van der Waals surface area (Å²) in [4.78, 5) is 34.5. The zero-order valence-electron chi connectivity index (χ0n) is 11.9. The van der Waals surface area contributed by atoms with Gasteiger partial charge in [-0.05, 0) is 31.4 Å². The van der Waals surface area contributed by atoms with E-state index in [1.54, 1.807) is 17.2 Å². The number of likely N-dealkylation sites (tertiary alicyclic amines) is 1. The summed E-state index contributed by atoms with van der Waals surface area (Å²) in [6.45, 7) is 1.51. The lowest BCUT2D eigenvalue weighted by Gasteiger charge is -2.26. The molecule has 1 saturated heterocycles. The first-order valence-electron chi connectivity index (χ1n) is 7.10. The van der Waals surface area contributed by atoms with Gasteiger partial charge >= 0.3 is 5.97 Å². The fourth-order valence-electron chi connectivity index (χ4n) is 2.44. The normalized spacial score (nSPS) is 14.8. The van der Waals surface area contributed by atoms with Crippen molar-refractivity contribution in [1.82, 2.24) is 14.9 Å². The van der Waals surface area contributed by atoms with Crippen LogP contribution in [0.15, 0.2) is 24.5 Å². The zero-order valence-corrected chi connectivity index (χ0v) is 12.7. The molecule has 0 radical (unpaired) electrons. The van der Waals surface area contributed by atoms with Gasteiger partial charge in [0.25, 0.3) is 5.91 Å². The van der Waals surface area contributed by atoms with Crippen molar-refractivity contribution in [1.29, 1.82) is 0 Å². The predicted octanol–water partition coefficient (Wildman–Crippen LogP) is 2.53. The molecule has 3 heterocycles. The third-order valence-electron chi connectivity index (χ3n) is 3.57. The summed E-state index contributed by atoms with van der Waals surface area (Å²) in [6.07, 6.45) is 6.21. The van der Waals surface area contributed by atoms with E-state index >= 15 is 0 Å². The van der Waals surface area contributed by atoms with E-state index in [4.69, 9.17) is 5.11 Å². The Morgan fingerprint density at radius 2 is 1.91 bits per heavy atom. The molecule has 0 unspecified atom stereocenters. The Morgan fingerprint density at radius 1 is 1.14 bits per heavy atom. The average Bonchev–Trinajstić information content (AvgIpc) is 3.05. The number of carboxylic acids is 1. The molecule has 1 N–H and O–H groups in total. The molecule has 114 valence electrons. The van der Waals surface area contributed by atoms with Gasteiger partial charge in [-0.1, -0.05) is 0 Å². The van der Waals surface area contributed by atoms with Crippen molar-refractivity contribution in [3.8, 4) is 10.6 Å². The smallest absolute Gasteiger partial charge is 0.345 e. The number of amides is 1. The summed E-state index contributed by atoms with van der Waals surface area (Å²) in [5, 5.41) is 8.97. The number of rotatable bonds is 3. The van der Waals surface area contributed by atoms with Gasteiger partial charge in [-0.15, -0.1) is 11.3 Å². The van der Waals surface area contributed by atoms with E-state index in [0.29, 0.717) is 16.3 Å². The Bertz CT molecular complexity index is 708. The molecule has 0 spiro atoms. The van der Waals surface area contributed by atoms with Crippen LogP contribution in [0.25, 0.3) is 10.6 Å². The molecule has 0 bridgehead atoms. The summed E-state index contributed by atoms with van der Waals surface area (Å²) >= 11 is 1.12. The second-order valence-electron chi connectivity index (χ2n) is 5.11. The van der Waals surface area contributed by atoms with E-state index in [-0.39, 0.29) is 10.8 Å². The number of carboxylic acid groups (broad SMARTS) is 1. The van der Waals surface area contributed by atoms with Crippen molar-refractivity contribution in [3.05, 3.63) is 35.1 Å². The molecule has 1 amide bonds. The fraction of sp³-hybridized carbons (Fsp3) is 0.333. The third kappa shape index (κ3) is 2.99. The number of piperidine rings is 1. The number of thiophene rings is 1. The van der Waals surface area contributed by atoms with Crippen LogP contribution >= 0.6 is 11.3 Å². The highest BCUT2D eigenvalue weighted by molar-refractivity contribution is 7.17. The molecule has 2 aromatic heterocycles. The molecule has 3 rings (SSSR count). The summed E-state index contributed by atoms with van der Waals surface area (Å²) in [6, 6.07) is 3.22. The van der Waals surface area contributed by atoms with Gasteiger partial charge in [0, 0.05) is 13.1 Å². The highest BCUT2D eigenvalue weighted by Gasteiger charge is 2.20. The minimum absolute atomic E-state index is 0.107. The topological polar surface area (TPSA) is 83.4 Å². The van der Waals surface area contributed by atoms with Gasteiger partial charge in [-0.25, -0.2) is 9.78 Å². The largest absolute Gasteiger partial charge is 0.477 e. The zero-order chi connectivity index (χ0) is 15.5. The van der Waals surface area contributed by atoms with Gasteiger partial charge in [0.15, 0.2) is 0 Å². The van der Waals surface area contributed by atoms with Crippen molar-refractivity contribution >= 4 is 23.2 Å².